The van der Waals surface area contributed by atoms with E-state index >= 15 is 0 Å². The second-order valence-corrected chi connectivity index (χ2v) is 5.20. The van der Waals surface area contributed by atoms with Gasteiger partial charge in [-0.2, -0.15) is 4.98 Å². The molecule has 21 heavy (non-hydrogen) atoms. The molecule has 6 heteroatoms. The Hall–Kier alpha value is -2.47. The van der Waals surface area contributed by atoms with E-state index in [1.165, 1.54) is 6.07 Å². The Labute approximate surface area is 128 Å². The molecule has 1 aromatic heterocycles. The van der Waals surface area contributed by atoms with Crippen molar-refractivity contribution in [1.82, 2.24) is 10.1 Å². The zero-order chi connectivity index (χ0) is 14.8. The molecule has 0 amide bonds. The number of carbonyl (C=O) groups is 1. The van der Waals surface area contributed by atoms with E-state index < -0.39 is 5.97 Å². The molecule has 104 valence electrons. The molecule has 0 bridgehead atoms. The number of carboxylic acids is 1. The summed E-state index contributed by atoms with van der Waals surface area (Å²) in [4.78, 5) is 15.5. The van der Waals surface area contributed by atoms with Crippen LogP contribution < -0.4 is 0 Å². The lowest BCUT2D eigenvalue weighted by Crippen LogP contribution is -1.99. The summed E-state index contributed by atoms with van der Waals surface area (Å²) in [7, 11) is 0. The van der Waals surface area contributed by atoms with Crippen molar-refractivity contribution in [3.8, 4) is 22.8 Å². The van der Waals surface area contributed by atoms with Gasteiger partial charge in [-0.3, -0.25) is 0 Å². The summed E-state index contributed by atoms with van der Waals surface area (Å²) < 4.78 is 6.14. The molecule has 0 spiro atoms. The zero-order valence-corrected chi connectivity index (χ0v) is 12.2. The lowest BCUT2D eigenvalue weighted by atomic mass is 10.1. The van der Waals surface area contributed by atoms with E-state index in [1.807, 2.05) is 24.3 Å². The van der Waals surface area contributed by atoms with Crippen molar-refractivity contribution in [2.75, 3.05) is 0 Å². The van der Waals surface area contributed by atoms with Crippen LogP contribution in [0.2, 0.25) is 0 Å². The Kier molecular flexibility index (Phi) is 3.53. The highest BCUT2D eigenvalue weighted by Crippen LogP contribution is 2.25. The number of aromatic nitrogens is 2. The van der Waals surface area contributed by atoms with E-state index in [9.17, 15) is 9.90 Å². The first-order valence-electron chi connectivity index (χ1n) is 6.07. The highest BCUT2D eigenvalue weighted by Gasteiger charge is 2.17. The predicted octanol–water partition coefficient (Wildman–Crippen LogP) is 3.86. The highest BCUT2D eigenvalue weighted by molar-refractivity contribution is 9.10. The second-order valence-electron chi connectivity index (χ2n) is 4.28. The van der Waals surface area contributed by atoms with Gasteiger partial charge in [-0.25, -0.2) is 4.79 Å². The van der Waals surface area contributed by atoms with E-state index in [1.54, 1.807) is 18.2 Å². The molecule has 0 atom stereocenters. The molecular formula is C15H9BrN2O3. The van der Waals surface area contributed by atoms with E-state index in [4.69, 9.17) is 4.52 Å². The highest BCUT2D eigenvalue weighted by atomic mass is 79.9. The van der Waals surface area contributed by atoms with E-state index in [0.29, 0.717) is 11.4 Å². The van der Waals surface area contributed by atoms with Crippen LogP contribution >= 0.6 is 15.9 Å². The molecule has 0 aliphatic heterocycles. The molecule has 3 rings (SSSR count). The van der Waals surface area contributed by atoms with Crippen LogP contribution in [-0.2, 0) is 0 Å². The molecule has 0 saturated carbocycles. The first-order valence-corrected chi connectivity index (χ1v) is 6.87. The van der Waals surface area contributed by atoms with Gasteiger partial charge in [0.05, 0.1) is 11.1 Å². The van der Waals surface area contributed by atoms with Gasteiger partial charge >= 0.3 is 5.97 Å². The summed E-state index contributed by atoms with van der Waals surface area (Å²) in [5, 5.41) is 13.1. The largest absolute Gasteiger partial charge is 0.478 e. The van der Waals surface area contributed by atoms with Crippen molar-refractivity contribution in [2.45, 2.75) is 0 Å². The predicted molar refractivity (Wildman–Crippen MR) is 79.8 cm³/mol. The van der Waals surface area contributed by atoms with E-state index in [-0.39, 0.29) is 11.5 Å². The van der Waals surface area contributed by atoms with Crippen LogP contribution in [0.5, 0.6) is 0 Å². The molecular weight excluding hydrogens is 336 g/mol. The fraction of sp³-hybridized carbons (Fsp3) is 0. The molecule has 0 aliphatic rings. The average Bonchev–Trinajstić information content (AvgIpc) is 2.97. The van der Waals surface area contributed by atoms with Crippen LogP contribution in [0, 0.1) is 0 Å². The Bertz CT molecular complexity index is 797. The van der Waals surface area contributed by atoms with Crippen LogP contribution in [-0.4, -0.2) is 21.2 Å². The number of hydrogen-bond donors (Lipinski definition) is 1. The van der Waals surface area contributed by atoms with Gasteiger partial charge in [0.1, 0.15) is 0 Å². The van der Waals surface area contributed by atoms with Crippen LogP contribution in [0.15, 0.2) is 57.5 Å². The number of aromatic carboxylic acids is 1. The third-order valence-corrected chi connectivity index (χ3v) is 3.44. The van der Waals surface area contributed by atoms with Crippen molar-refractivity contribution in [2.24, 2.45) is 0 Å². The number of rotatable bonds is 3. The van der Waals surface area contributed by atoms with Crippen molar-refractivity contribution in [3.05, 3.63) is 58.6 Å². The van der Waals surface area contributed by atoms with Crippen LogP contribution in [0.4, 0.5) is 0 Å². The molecule has 0 radical (unpaired) electrons. The minimum absolute atomic E-state index is 0.128. The van der Waals surface area contributed by atoms with Gasteiger partial charge in [0.25, 0.3) is 5.89 Å². The Morgan fingerprint density at radius 3 is 2.52 bits per heavy atom. The molecule has 0 unspecified atom stereocenters. The number of halogens is 1. The van der Waals surface area contributed by atoms with Gasteiger partial charge in [-0.05, 0) is 36.4 Å². The Morgan fingerprint density at radius 1 is 1.10 bits per heavy atom. The molecule has 3 aromatic rings. The third kappa shape index (κ3) is 2.71. The molecule has 5 nitrogen and oxygen atoms in total. The maximum atomic E-state index is 11.2. The Balaban J connectivity index is 2.03. The van der Waals surface area contributed by atoms with Gasteiger partial charge in [0.15, 0.2) is 0 Å². The number of benzene rings is 2. The quantitative estimate of drug-likeness (QED) is 0.780. The second kappa shape index (κ2) is 5.49. The summed E-state index contributed by atoms with van der Waals surface area (Å²) in [5.74, 6) is -0.433. The Morgan fingerprint density at radius 2 is 1.81 bits per heavy atom. The first kappa shape index (κ1) is 13.5. The van der Waals surface area contributed by atoms with E-state index in [0.717, 1.165) is 10.0 Å². The molecule has 1 N–H and O–H groups in total. The fourth-order valence-corrected chi connectivity index (χ4v) is 2.17. The van der Waals surface area contributed by atoms with Gasteiger partial charge in [-0.1, -0.05) is 33.2 Å². The molecule has 0 fully saturated rings. The van der Waals surface area contributed by atoms with Crippen molar-refractivity contribution < 1.29 is 14.4 Å². The van der Waals surface area contributed by atoms with Crippen molar-refractivity contribution >= 4 is 21.9 Å². The van der Waals surface area contributed by atoms with Crippen LogP contribution in [0.1, 0.15) is 10.4 Å². The fourth-order valence-electron chi connectivity index (χ4n) is 1.91. The zero-order valence-electron chi connectivity index (χ0n) is 10.7. The molecule has 0 saturated heterocycles. The summed E-state index contributed by atoms with van der Waals surface area (Å²) in [5.41, 5.74) is 1.32. The number of nitrogens with zero attached hydrogens (tertiary/aromatic N) is 2. The van der Waals surface area contributed by atoms with Gasteiger partial charge in [-0.15, -0.1) is 0 Å². The number of hydrogen-bond acceptors (Lipinski definition) is 4. The van der Waals surface area contributed by atoms with E-state index in [2.05, 4.69) is 26.1 Å². The minimum atomic E-state index is -1.03. The van der Waals surface area contributed by atoms with Crippen LogP contribution in [0.3, 0.4) is 0 Å². The number of carboxylic acid groups (broad SMARTS) is 1. The smallest absolute Gasteiger partial charge is 0.336 e. The van der Waals surface area contributed by atoms with Gasteiger partial charge < -0.3 is 9.63 Å². The average molecular weight is 345 g/mol. The first-order chi connectivity index (χ1) is 10.1. The monoisotopic (exact) mass is 344 g/mol. The summed E-state index contributed by atoms with van der Waals surface area (Å²) in [6, 6.07) is 14.0. The SMILES string of the molecule is O=C(O)c1ccccc1-c1nc(-c2ccc(Br)cc2)no1. The van der Waals surface area contributed by atoms with Crippen molar-refractivity contribution in [3.63, 3.8) is 0 Å². The van der Waals surface area contributed by atoms with Crippen molar-refractivity contribution in [1.29, 1.82) is 0 Å². The molecule has 0 aliphatic carbocycles. The third-order valence-electron chi connectivity index (χ3n) is 2.92. The topological polar surface area (TPSA) is 76.2 Å². The molecule has 2 aromatic carbocycles. The molecule has 1 heterocycles. The summed E-state index contributed by atoms with van der Waals surface area (Å²) >= 11 is 3.36. The minimum Gasteiger partial charge on any atom is -0.478 e. The standard InChI is InChI=1S/C15H9BrN2O3/c16-10-7-5-9(6-8-10)13-17-14(21-18-13)11-3-1-2-4-12(11)15(19)20/h1-8H,(H,19,20). The summed E-state index contributed by atoms with van der Waals surface area (Å²) in [6.07, 6.45) is 0. The van der Waals surface area contributed by atoms with Gasteiger partial charge in [0, 0.05) is 10.0 Å². The maximum absolute atomic E-state index is 11.2. The lowest BCUT2D eigenvalue weighted by molar-refractivity contribution is 0.0697. The maximum Gasteiger partial charge on any atom is 0.336 e. The van der Waals surface area contributed by atoms with Gasteiger partial charge in [0.2, 0.25) is 5.82 Å². The lowest BCUT2D eigenvalue weighted by Gasteiger charge is -1.99. The normalized spacial score (nSPS) is 10.5. The summed E-state index contributed by atoms with van der Waals surface area (Å²) in [6.45, 7) is 0. The van der Waals surface area contributed by atoms with Crippen LogP contribution in [0.25, 0.3) is 22.8 Å².